The van der Waals surface area contributed by atoms with Crippen LogP contribution >= 0.6 is 0 Å². The molecule has 0 aliphatic rings. The lowest BCUT2D eigenvalue weighted by molar-refractivity contribution is -0.118. The third kappa shape index (κ3) is 4.77. The summed E-state index contributed by atoms with van der Waals surface area (Å²) in [7, 11) is 1.58. The normalized spacial score (nSPS) is 10.0. The number of hydrogen-bond donors (Lipinski definition) is 1. The van der Waals surface area contributed by atoms with Crippen LogP contribution in [0.5, 0.6) is 23.0 Å². The number of para-hydroxylation sites is 3. The highest BCUT2D eigenvalue weighted by molar-refractivity contribution is 5.93. The van der Waals surface area contributed by atoms with Crippen molar-refractivity contribution in [1.82, 2.24) is 0 Å². The molecule has 0 aliphatic heterocycles. The van der Waals surface area contributed by atoms with Gasteiger partial charge in [-0.15, -0.1) is 0 Å². The molecule has 1 amide bonds. The van der Waals surface area contributed by atoms with E-state index in [0.29, 0.717) is 28.7 Å². The first-order chi connectivity index (χ1) is 12.7. The highest BCUT2D eigenvalue weighted by atomic mass is 16.5. The van der Waals surface area contributed by atoms with Gasteiger partial charge >= 0.3 is 0 Å². The van der Waals surface area contributed by atoms with Crippen LogP contribution in [-0.2, 0) is 4.79 Å². The van der Waals surface area contributed by atoms with Crippen LogP contribution in [0.3, 0.4) is 0 Å². The predicted molar refractivity (Wildman–Crippen MR) is 100 cm³/mol. The highest BCUT2D eigenvalue weighted by Crippen LogP contribution is 2.29. The zero-order chi connectivity index (χ0) is 18.2. The molecule has 0 saturated heterocycles. The van der Waals surface area contributed by atoms with Gasteiger partial charge in [0.2, 0.25) is 0 Å². The number of hydrogen-bond acceptors (Lipinski definition) is 4. The molecule has 3 aromatic rings. The summed E-state index contributed by atoms with van der Waals surface area (Å²) in [5, 5.41) is 2.81. The Kier molecular flexibility index (Phi) is 5.72. The summed E-state index contributed by atoms with van der Waals surface area (Å²) in [4.78, 5) is 12.2. The fourth-order valence-electron chi connectivity index (χ4n) is 2.30. The van der Waals surface area contributed by atoms with Gasteiger partial charge < -0.3 is 19.5 Å². The molecule has 132 valence electrons. The first kappa shape index (κ1) is 17.4. The van der Waals surface area contributed by atoms with Crippen molar-refractivity contribution >= 4 is 11.6 Å². The molecule has 3 rings (SSSR count). The molecule has 0 radical (unpaired) electrons. The predicted octanol–water partition coefficient (Wildman–Crippen LogP) is 4.51. The molecule has 0 aromatic heterocycles. The fourth-order valence-corrected chi connectivity index (χ4v) is 2.30. The molecule has 26 heavy (non-hydrogen) atoms. The lowest BCUT2D eigenvalue weighted by atomic mass is 10.3. The summed E-state index contributed by atoms with van der Waals surface area (Å²) in [5.41, 5.74) is 0.579. The SMILES string of the molecule is COc1cccc(OCC(=O)Nc2ccccc2Oc2ccccc2)c1. The van der Waals surface area contributed by atoms with Gasteiger partial charge in [-0.1, -0.05) is 36.4 Å². The second-order valence-corrected chi connectivity index (χ2v) is 5.43. The van der Waals surface area contributed by atoms with E-state index in [0.717, 1.165) is 0 Å². The highest BCUT2D eigenvalue weighted by Gasteiger charge is 2.09. The summed E-state index contributed by atoms with van der Waals surface area (Å²) < 4.78 is 16.5. The van der Waals surface area contributed by atoms with Gasteiger partial charge in [0.1, 0.15) is 17.2 Å². The van der Waals surface area contributed by atoms with Gasteiger partial charge in [0, 0.05) is 6.07 Å². The zero-order valence-corrected chi connectivity index (χ0v) is 14.3. The summed E-state index contributed by atoms with van der Waals surface area (Å²) >= 11 is 0. The van der Waals surface area contributed by atoms with E-state index in [1.165, 1.54) is 0 Å². The minimum absolute atomic E-state index is 0.118. The van der Waals surface area contributed by atoms with Crippen molar-refractivity contribution in [2.75, 3.05) is 19.0 Å². The number of carbonyl (C=O) groups excluding carboxylic acids is 1. The Morgan fingerprint density at radius 3 is 2.35 bits per heavy atom. The van der Waals surface area contributed by atoms with Crippen LogP contribution in [0.25, 0.3) is 0 Å². The molecular weight excluding hydrogens is 330 g/mol. The van der Waals surface area contributed by atoms with Crippen molar-refractivity contribution in [3.63, 3.8) is 0 Å². The van der Waals surface area contributed by atoms with Crippen LogP contribution in [-0.4, -0.2) is 19.6 Å². The zero-order valence-electron chi connectivity index (χ0n) is 14.3. The van der Waals surface area contributed by atoms with E-state index in [4.69, 9.17) is 14.2 Å². The van der Waals surface area contributed by atoms with Crippen molar-refractivity contribution < 1.29 is 19.0 Å². The number of ether oxygens (including phenoxy) is 3. The van der Waals surface area contributed by atoms with E-state index in [-0.39, 0.29) is 12.5 Å². The van der Waals surface area contributed by atoms with Gasteiger partial charge in [0.05, 0.1) is 12.8 Å². The third-order valence-corrected chi connectivity index (χ3v) is 3.54. The number of carbonyl (C=O) groups is 1. The molecule has 0 spiro atoms. The Balaban J connectivity index is 1.62. The standard InChI is InChI=1S/C21H19NO4/c1-24-17-10-7-11-18(14-17)25-15-21(23)22-19-12-5-6-13-20(19)26-16-8-3-2-4-9-16/h2-14H,15H2,1H3,(H,22,23). The smallest absolute Gasteiger partial charge is 0.262 e. The molecular formula is C21H19NO4. The van der Waals surface area contributed by atoms with Crippen molar-refractivity contribution in [2.45, 2.75) is 0 Å². The van der Waals surface area contributed by atoms with Gasteiger partial charge in [-0.25, -0.2) is 0 Å². The monoisotopic (exact) mass is 349 g/mol. The molecule has 0 aliphatic carbocycles. The summed E-state index contributed by atoms with van der Waals surface area (Å²) in [6.07, 6.45) is 0. The van der Waals surface area contributed by atoms with E-state index in [1.807, 2.05) is 48.5 Å². The third-order valence-electron chi connectivity index (χ3n) is 3.54. The van der Waals surface area contributed by atoms with E-state index in [1.54, 1.807) is 37.4 Å². The molecule has 0 atom stereocenters. The second kappa shape index (κ2) is 8.58. The van der Waals surface area contributed by atoms with Crippen LogP contribution in [0.15, 0.2) is 78.9 Å². The maximum Gasteiger partial charge on any atom is 0.262 e. The number of anilines is 1. The number of nitrogens with one attached hydrogen (secondary N) is 1. The molecule has 3 aromatic carbocycles. The Morgan fingerprint density at radius 1 is 0.846 bits per heavy atom. The first-order valence-corrected chi connectivity index (χ1v) is 8.13. The Labute approximate surface area is 152 Å². The lowest BCUT2D eigenvalue weighted by Gasteiger charge is -2.13. The largest absolute Gasteiger partial charge is 0.497 e. The first-order valence-electron chi connectivity index (χ1n) is 8.13. The quantitative estimate of drug-likeness (QED) is 0.682. The average Bonchev–Trinajstić information content (AvgIpc) is 2.69. The van der Waals surface area contributed by atoms with Crippen molar-refractivity contribution in [3.8, 4) is 23.0 Å². The van der Waals surface area contributed by atoms with Crippen molar-refractivity contribution in [2.24, 2.45) is 0 Å². The molecule has 0 unspecified atom stereocenters. The Hall–Kier alpha value is -3.47. The van der Waals surface area contributed by atoms with Gasteiger partial charge in [-0.3, -0.25) is 4.79 Å². The van der Waals surface area contributed by atoms with E-state index >= 15 is 0 Å². The molecule has 1 N–H and O–H groups in total. The van der Waals surface area contributed by atoms with Crippen LogP contribution < -0.4 is 19.5 Å². The molecule has 0 bridgehead atoms. The van der Waals surface area contributed by atoms with E-state index in [9.17, 15) is 4.79 Å². The van der Waals surface area contributed by atoms with Gasteiger partial charge in [-0.05, 0) is 36.4 Å². The number of rotatable bonds is 7. The minimum atomic E-state index is -0.281. The van der Waals surface area contributed by atoms with E-state index in [2.05, 4.69) is 5.32 Å². The van der Waals surface area contributed by atoms with Crippen LogP contribution in [0.2, 0.25) is 0 Å². The molecule has 5 nitrogen and oxygen atoms in total. The van der Waals surface area contributed by atoms with E-state index < -0.39 is 0 Å². The van der Waals surface area contributed by atoms with Crippen LogP contribution in [0.4, 0.5) is 5.69 Å². The number of amides is 1. The maximum absolute atomic E-state index is 12.2. The number of benzene rings is 3. The summed E-state index contributed by atoms with van der Waals surface area (Å²) in [6.45, 7) is -0.118. The molecule has 5 heteroatoms. The molecule has 0 saturated carbocycles. The van der Waals surface area contributed by atoms with Gasteiger partial charge in [0.15, 0.2) is 12.4 Å². The average molecular weight is 349 g/mol. The van der Waals surface area contributed by atoms with Gasteiger partial charge in [0.25, 0.3) is 5.91 Å². The number of methoxy groups -OCH3 is 1. The molecule has 0 fully saturated rings. The fraction of sp³-hybridized carbons (Fsp3) is 0.0952. The van der Waals surface area contributed by atoms with Gasteiger partial charge in [-0.2, -0.15) is 0 Å². The topological polar surface area (TPSA) is 56.8 Å². The van der Waals surface area contributed by atoms with Crippen molar-refractivity contribution in [3.05, 3.63) is 78.9 Å². The Bertz CT molecular complexity index is 865. The molecule has 0 heterocycles. The summed E-state index contributed by atoms with van der Waals surface area (Å²) in [5.74, 6) is 2.21. The minimum Gasteiger partial charge on any atom is -0.497 e. The second-order valence-electron chi connectivity index (χ2n) is 5.43. The van der Waals surface area contributed by atoms with Crippen LogP contribution in [0, 0.1) is 0 Å². The Morgan fingerprint density at radius 2 is 1.54 bits per heavy atom. The van der Waals surface area contributed by atoms with Crippen molar-refractivity contribution in [1.29, 1.82) is 0 Å². The summed E-state index contributed by atoms with van der Waals surface area (Å²) in [6, 6.07) is 23.7. The van der Waals surface area contributed by atoms with Crippen LogP contribution in [0.1, 0.15) is 0 Å². The lowest BCUT2D eigenvalue weighted by Crippen LogP contribution is -2.20. The maximum atomic E-state index is 12.2.